The normalized spacial score (nSPS) is 19.3. The highest BCUT2D eigenvalue weighted by molar-refractivity contribution is 5.90. The fraction of sp³-hybridized carbons (Fsp3) is 0.562. The summed E-state index contributed by atoms with van der Waals surface area (Å²) in [6.07, 6.45) is 3.84. The van der Waals surface area contributed by atoms with Gasteiger partial charge in [0.2, 0.25) is 5.91 Å². The van der Waals surface area contributed by atoms with E-state index in [4.69, 9.17) is 0 Å². The fourth-order valence-electron chi connectivity index (χ4n) is 2.68. The Morgan fingerprint density at radius 1 is 1.38 bits per heavy atom. The number of benzene rings is 1. The highest BCUT2D eigenvalue weighted by atomic mass is 19.1. The van der Waals surface area contributed by atoms with Crippen molar-refractivity contribution in [2.75, 3.05) is 32.0 Å². The van der Waals surface area contributed by atoms with Crippen LogP contribution in [-0.4, -0.2) is 43.5 Å². The minimum Gasteiger partial charge on any atom is -0.324 e. The molecule has 2 rings (SSSR count). The van der Waals surface area contributed by atoms with Crippen molar-refractivity contribution in [2.24, 2.45) is 0 Å². The summed E-state index contributed by atoms with van der Waals surface area (Å²) in [5.74, 6) is -0.534. The first-order chi connectivity index (χ1) is 10.2. The lowest BCUT2D eigenvalue weighted by molar-refractivity contribution is -0.116. The number of halogens is 1. The largest absolute Gasteiger partial charge is 0.324 e. The summed E-state index contributed by atoms with van der Waals surface area (Å²) < 4.78 is 13.5. The molecule has 4 nitrogen and oxygen atoms in total. The van der Waals surface area contributed by atoms with E-state index in [0.717, 1.165) is 19.5 Å². The van der Waals surface area contributed by atoms with Crippen LogP contribution in [0.3, 0.4) is 0 Å². The summed E-state index contributed by atoms with van der Waals surface area (Å²) in [4.78, 5) is 14.1. The highest BCUT2D eigenvalue weighted by Crippen LogP contribution is 2.14. The first kappa shape index (κ1) is 15.9. The van der Waals surface area contributed by atoms with Gasteiger partial charge in [-0.05, 0) is 51.5 Å². The minimum atomic E-state index is -0.394. The van der Waals surface area contributed by atoms with Gasteiger partial charge >= 0.3 is 0 Å². The molecule has 21 heavy (non-hydrogen) atoms. The van der Waals surface area contributed by atoms with Crippen LogP contribution >= 0.6 is 0 Å². The standard InChI is InChI=1S/C16H24FN3O/c1-20(13-5-4-10-18-11-8-13)12-9-16(21)19-15-7-3-2-6-14(15)17/h2-3,6-7,13,18H,4-5,8-12H2,1H3,(H,19,21). The van der Waals surface area contributed by atoms with Crippen LogP contribution in [0.2, 0.25) is 0 Å². The van der Waals surface area contributed by atoms with Crippen molar-refractivity contribution in [1.82, 2.24) is 10.2 Å². The van der Waals surface area contributed by atoms with Gasteiger partial charge in [-0.25, -0.2) is 4.39 Å². The van der Waals surface area contributed by atoms with Crippen LogP contribution in [0.4, 0.5) is 10.1 Å². The van der Waals surface area contributed by atoms with Gasteiger partial charge in [0, 0.05) is 19.0 Å². The smallest absolute Gasteiger partial charge is 0.225 e. The lowest BCUT2D eigenvalue weighted by atomic mass is 10.1. The van der Waals surface area contributed by atoms with E-state index in [0.29, 0.717) is 19.0 Å². The Hall–Kier alpha value is -1.46. The molecule has 0 aliphatic carbocycles. The molecule has 1 aromatic carbocycles. The third-order valence-electron chi connectivity index (χ3n) is 4.01. The Bertz CT molecular complexity index is 459. The number of anilines is 1. The highest BCUT2D eigenvalue weighted by Gasteiger charge is 2.17. The van der Waals surface area contributed by atoms with Gasteiger partial charge in [0.15, 0.2) is 0 Å². The van der Waals surface area contributed by atoms with Crippen molar-refractivity contribution in [3.8, 4) is 0 Å². The molecule has 0 saturated carbocycles. The van der Waals surface area contributed by atoms with Crippen LogP contribution < -0.4 is 10.6 Å². The number of carbonyl (C=O) groups excluding carboxylic acids is 1. The zero-order valence-corrected chi connectivity index (χ0v) is 12.6. The van der Waals surface area contributed by atoms with E-state index in [9.17, 15) is 9.18 Å². The molecule has 116 valence electrons. The maximum absolute atomic E-state index is 13.5. The summed E-state index contributed by atoms with van der Waals surface area (Å²) in [5.41, 5.74) is 0.254. The van der Waals surface area contributed by atoms with Crippen LogP contribution in [0, 0.1) is 5.82 Å². The van der Waals surface area contributed by atoms with Gasteiger partial charge in [-0.1, -0.05) is 12.1 Å². The molecule has 1 aromatic rings. The molecule has 1 unspecified atom stereocenters. The zero-order valence-electron chi connectivity index (χ0n) is 12.6. The Balaban J connectivity index is 1.76. The van der Waals surface area contributed by atoms with E-state index in [1.807, 2.05) is 0 Å². The van der Waals surface area contributed by atoms with Crippen molar-refractivity contribution in [3.63, 3.8) is 0 Å². The molecule has 1 fully saturated rings. The zero-order chi connectivity index (χ0) is 15.1. The number of carbonyl (C=O) groups is 1. The number of hydrogen-bond donors (Lipinski definition) is 2. The molecule has 1 amide bonds. The lowest BCUT2D eigenvalue weighted by Crippen LogP contribution is -2.34. The maximum atomic E-state index is 13.5. The van der Waals surface area contributed by atoms with Crippen molar-refractivity contribution in [1.29, 1.82) is 0 Å². The average molecular weight is 293 g/mol. The number of nitrogens with one attached hydrogen (secondary N) is 2. The van der Waals surface area contributed by atoms with Gasteiger partial charge < -0.3 is 15.5 Å². The number of rotatable bonds is 5. The van der Waals surface area contributed by atoms with Crippen molar-refractivity contribution < 1.29 is 9.18 Å². The summed E-state index contributed by atoms with van der Waals surface area (Å²) in [6, 6.07) is 6.78. The molecule has 1 atom stereocenters. The SMILES string of the molecule is CN(CCC(=O)Nc1ccccc1F)C1CCCNCC1. The molecule has 1 saturated heterocycles. The topological polar surface area (TPSA) is 44.4 Å². The number of nitrogens with zero attached hydrogens (tertiary/aromatic N) is 1. The molecular weight excluding hydrogens is 269 g/mol. The molecule has 1 aliphatic heterocycles. The second-order valence-electron chi connectivity index (χ2n) is 5.59. The number of amides is 1. The summed E-state index contributed by atoms with van der Waals surface area (Å²) >= 11 is 0. The van der Waals surface area contributed by atoms with E-state index in [-0.39, 0.29) is 11.6 Å². The molecule has 2 N–H and O–H groups in total. The number of para-hydroxylation sites is 1. The van der Waals surface area contributed by atoms with E-state index >= 15 is 0 Å². The molecule has 0 radical (unpaired) electrons. The third-order valence-corrected chi connectivity index (χ3v) is 4.01. The summed E-state index contributed by atoms with van der Waals surface area (Å²) in [6.45, 7) is 2.82. The lowest BCUT2D eigenvalue weighted by Gasteiger charge is -2.26. The summed E-state index contributed by atoms with van der Waals surface area (Å²) in [5, 5.41) is 6.02. The molecule has 0 spiro atoms. The van der Waals surface area contributed by atoms with Gasteiger partial charge in [-0.2, -0.15) is 0 Å². The van der Waals surface area contributed by atoms with Gasteiger partial charge in [0.25, 0.3) is 0 Å². The van der Waals surface area contributed by atoms with E-state index in [2.05, 4.69) is 22.6 Å². The monoisotopic (exact) mass is 293 g/mol. The van der Waals surface area contributed by atoms with Crippen LogP contribution in [0.5, 0.6) is 0 Å². The van der Waals surface area contributed by atoms with Crippen LogP contribution in [0.25, 0.3) is 0 Å². The third kappa shape index (κ3) is 5.10. The second-order valence-corrected chi connectivity index (χ2v) is 5.59. The van der Waals surface area contributed by atoms with E-state index in [1.165, 1.54) is 18.9 Å². The summed E-state index contributed by atoms with van der Waals surface area (Å²) in [7, 11) is 2.06. The Labute approximate surface area is 125 Å². The van der Waals surface area contributed by atoms with E-state index < -0.39 is 5.82 Å². The van der Waals surface area contributed by atoms with Crippen LogP contribution in [0.1, 0.15) is 25.7 Å². The van der Waals surface area contributed by atoms with Gasteiger partial charge in [0.1, 0.15) is 5.82 Å². The van der Waals surface area contributed by atoms with Crippen molar-refractivity contribution >= 4 is 11.6 Å². The van der Waals surface area contributed by atoms with Crippen LogP contribution in [-0.2, 0) is 4.79 Å². The maximum Gasteiger partial charge on any atom is 0.225 e. The average Bonchev–Trinajstić information content (AvgIpc) is 2.76. The fourth-order valence-corrected chi connectivity index (χ4v) is 2.68. The first-order valence-corrected chi connectivity index (χ1v) is 7.62. The van der Waals surface area contributed by atoms with Gasteiger partial charge in [-0.15, -0.1) is 0 Å². The van der Waals surface area contributed by atoms with Crippen molar-refractivity contribution in [2.45, 2.75) is 31.7 Å². The molecule has 1 aliphatic rings. The van der Waals surface area contributed by atoms with Crippen molar-refractivity contribution in [3.05, 3.63) is 30.1 Å². The molecule has 5 heteroatoms. The molecule has 0 bridgehead atoms. The quantitative estimate of drug-likeness (QED) is 0.875. The Morgan fingerprint density at radius 3 is 3.00 bits per heavy atom. The predicted octanol–water partition coefficient (Wildman–Crippen LogP) is 2.23. The van der Waals surface area contributed by atoms with Crippen LogP contribution in [0.15, 0.2) is 24.3 Å². The van der Waals surface area contributed by atoms with Gasteiger partial charge in [0.05, 0.1) is 5.69 Å². The minimum absolute atomic E-state index is 0.140. The van der Waals surface area contributed by atoms with E-state index in [1.54, 1.807) is 18.2 Å². The second kappa shape index (κ2) is 8.10. The Morgan fingerprint density at radius 2 is 2.19 bits per heavy atom. The predicted molar refractivity (Wildman–Crippen MR) is 82.8 cm³/mol. The molecule has 1 heterocycles. The Kier molecular flexibility index (Phi) is 6.14. The first-order valence-electron chi connectivity index (χ1n) is 7.62. The van der Waals surface area contributed by atoms with Gasteiger partial charge in [-0.3, -0.25) is 4.79 Å². The molecular formula is C16H24FN3O. The number of hydrogen-bond acceptors (Lipinski definition) is 3. The molecule has 0 aromatic heterocycles.